The first-order chi connectivity index (χ1) is 15.4. The summed E-state index contributed by atoms with van der Waals surface area (Å²) in [7, 11) is 0. The molecule has 7 heteroatoms. The van der Waals surface area contributed by atoms with E-state index in [9.17, 15) is 14.3 Å². The van der Waals surface area contributed by atoms with Crippen molar-refractivity contribution < 1.29 is 19.0 Å². The predicted molar refractivity (Wildman–Crippen MR) is 123 cm³/mol. The highest BCUT2D eigenvalue weighted by molar-refractivity contribution is 5.84. The van der Waals surface area contributed by atoms with Crippen molar-refractivity contribution in [3.05, 3.63) is 82.9 Å². The minimum absolute atomic E-state index is 0.125. The molecule has 0 saturated carbocycles. The van der Waals surface area contributed by atoms with Gasteiger partial charge in [0, 0.05) is 23.4 Å². The minimum atomic E-state index is -0.750. The number of aliphatic hydroxyl groups excluding tert-OH is 1. The van der Waals surface area contributed by atoms with Crippen LogP contribution >= 0.6 is 0 Å². The third-order valence-corrected chi connectivity index (χ3v) is 5.18. The second-order valence-electron chi connectivity index (χ2n) is 7.46. The first kappa shape index (κ1) is 23.2. The number of ether oxygens (including phenoxy) is 1. The number of nitrogens with zero attached hydrogens (tertiary/aromatic N) is 2. The van der Waals surface area contributed by atoms with Gasteiger partial charge in [-0.15, -0.1) is 0 Å². The van der Waals surface area contributed by atoms with Crippen LogP contribution in [-0.2, 0) is 4.79 Å². The summed E-state index contributed by atoms with van der Waals surface area (Å²) in [4.78, 5) is 12.1. The quantitative estimate of drug-likeness (QED) is 0.380. The fraction of sp³-hybridized carbons (Fsp3) is 0.280. The van der Waals surface area contributed by atoms with Crippen LogP contribution in [0.4, 0.5) is 4.39 Å². The third-order valence-electron chi connectivity index (χ3n) is 5.18. The number of carbonyl (C=O) groups excluding carboxylic acids is 1. The Bertz CT molecular complexity index is 1090. The van der Waals surface area contributed by atoms with E-state index in [1.807, 2.05) is 31.4 Å². The van der Waals surface area contributed by atoms with Crippen molar-refractivity contribution in [1.29, 1.82) is 0 Å². The van der Waals surface area contributed by atoms with E-state index < -0.39 is 6.10 Å². The maximum absolute atomic E-state index is 14.2. The Kier molecular flexibility index (Phi) is 7.78. The molecule has 32 heavy (non-hydrogen) atoms. The number of para-hydroxylation sites is 1. The van der Waals surface area contributed by atoms with Crippen molar-refractivity contribution >= 4 is 12.1 Å². The Hall–Kier alpha value is -3.45. The predicted octanol–water partition coefficient (Wildman–Crippen LogP) is 4.60. The number of hydrazone groups is 1. The molecule has 0 spiro atoms. The van der Waals surface area contributed by atoms with Gasteiger partial charge in [0.25, 0.3) is 0 Å². The van der Waals surface area contributed by atoms with Crippen molar-refractivity contribution in [3.8, 4) is 11.4 Å². The van der Waals surface area contributed by atoms with E-state index in [-0.39, 0.29) is 24.6 Å². The van der Waals surface area contributed by atoms with Crippen molar-refractivity contribution in [2.45, 2.75) is 39.7 Å². The van der Waals surface area contributed by atoms with Gasteiger partial charge in [-0.1, -0.05) is 24.3 Å². The molecular weight excluding hydrogens is 409 g/mol. The second-order valence-corrected chi connectivity index (χ2v) is 7.46. The monoisotopic (exact) mass is 437 g/mol. The van der Waals surface area contributed by atoms with Crippen LogP contribution in [0, 0.1) is 19.7 Å². The SMILES string of the molecule is CCOc1ccc([C@@H](O)CCC(=O)N/N=C\c2cc(C)n(-c3ccccc3F)c2C)cc1. The molecule has 2 aromatic carbocycles. The van der Waals surface area contributed by atoms with Crippen LogP contribution in [0.15, 0.2) is 59.7 Å². The molecule has 3 rings (SSSR count). The van der Waals surface area contributed by atoms with Gasteiger partial charge in [0.1, 0.15) is 11.6 Å². The Balaban J connectivity index is 1.55. The average Bonchev–Trinajstić information content (AvgIpc) is 3.06. The average molecular weight is 438 g/mol. The fourth-order valence-electron chi connectivity index (χ4n) is 3.54. The Labute approximate surface area is 187 Å². The third kappa shape index (κ3) is 5.62. The van der Waals surface area contributed by atoms with Crippen molar-refractivity contribution in [3.63, 3.8) is 0 Å². The van der Waals surface area contributed by atoms with E-state index in [0.717, 1.165) is 28.3 Å². The molecular formula is C25H28FN3O3. The first-order valence-corrected chi connectivity index (χ1v) is 10.6. The van der Waals surface area contributed by atoms with E-state index in [4.69, 9.17) is 4.74 Å². The zero-order chi connectivity index (χ0) is 23.1. The molecule has 0 bridgehead atoms. The molecule has 168 valence electrons. The number of aliphatic hydroxyl groups is 1. The molecule has 2 N–H and O–H groups in total. The van der Waals surface area contributed by atoms with Gasteiger partial charge in [0.05, 0.1) is 24.6 Å². The summed E-state index contributed by atoms with van der Waals surface area (Å²) in [6.45, 7) is 6.24. The summed E-state index contributed by atoms with van der Waals surface area (Å²) >= 11 is 0. The number of benzene rings is 2. The molecule has 0 aliphatic carbocycles. The topological polar surface area (TPSA) is 75.8 Å². The summed E-state index contributed by atoms with van der Waals surface area (Å²) in [5.74, 6) is 0.135. The number of hydrogen-bond donors (Lipinski definition) is 2. The second kappa shape index (κ2) is 10.7. The molecule has 1 amide bonds. The van der Waals surface area contributed by atoms with E-state index in [1.165, 1.54) is 6.07 Å². The highest BCUT2D eigenvalue weighted by Crippen LogP contribution is 2.23. The van der Waals surface area contributed by atoms with Gasteiger partial charge in [-0.2, -0.15) is 5.10 Å². The van der Waals surface area contributed by atoms with Crippen molar-refractivity contribution in [2.24, 2.45) is 5.10 Å². The van der Waals surface area contributed by atoms with Gasteiger partial charge in [-0.05, 0) is 63.1 Å². The lowest BCUT2D eigenvalue weighted by atomic mass is 10.0. The molecule has 0 aliphatic rings. The highest BCUT2D eigenvalue weighted by Gasteiger charge is 2.13. The van der Waals surface area contributed by atoms with E-state index >= 15 is 0 Å². The summed E-state index contributed by atoms with van der Waals surface area (Å²) in [6, 6.07) is 15.6. The van der Waals surface area contributed by atoms with Crippen molar-refractivity contribution in [1.82, 2.24) is 9.99 Å². The number of hydrogen-bond acceptors (Lipinski definition) is 4. The molecule has 0 saturated heterocycles. The van der Waals surface area contributed by atoms with Crippen LogP contribution in [0.3, 0.4) is 0 Å². The summed E-state index contributed by atoms with van der Waals surface area (Å²) < 4.78 is 21.4. The fourth-order valence-corrected chi connectivity index (χ4v) is 3.54. The zero-order valence-corrected chi connectivity index (χ0v) is 18.5. The molecule has 0 fully saturated rings. The number of amides is 1. The lowest BCUT2D eigenvalue weighted by molar-refractivity contribution is -0.121. The molecule has 1 atom stereocenters. The molecule has 1 heterocycles. The summed E-state index contributed by atoms with van der Waals surface area (Å²) in [5, 5.41) is 14.3. The number of rotatable bonds is 9. The number of carbonyl (C=O) groups is 1. The molecule has 6 nitrogen and oxygen atoms in total. The Morgan fingerprint density at radius 3 is 2.62 bits per heavy atom. The summed E-state index contributed by atoms with van der Waals surface area (Å²) in [6.07, 6.45) is 1.19. The zero-order valence-electron chi connectivity index (χ0n) is 18.5. The van der Waals surface area contributed by atoms with E-state index in [1.54, 1.807) is 48.7 Å². The van der Waals surface area contributed by atoms with E-state index in [0.29, 0.717) is 12.3 Å². The van der Waals surface area contributed by atoms with Crippen molar-refractivity contribution in [2.75, 3.05) is 6.61 Å². The lowest BCUT2D eigenvalue weighted by Crippen LogP contribution is -2.18. The van der Waals surface area contributed by atoms with Gasteiger partial charge in [-0.25, -0.2) is 9.82 Å². The minimum Gasteiger partial charge on any atom is -0.494 e. The number of halogens is 1. The molecule has 0 unspecified atom stereocenters. The molecule has 3 aromatic rings. The molecule has 1 aromatic heterocycles. The molecule has 0 radical (unpaired) electrons. The van der Waals surface area contributed by atoms with Crippen LogP contribution in [-0.4, -0.2) is 28.4 Å². The van der Waals surface area contributed by atoms with Gasteiger partial charge >= 0.3 is 0 Å². The lowest BCUT2D eigenvalue weighted by Gasteiger charge is -2.11. The van der Waals surface area contributed by atoms with Gasteiger partial charge < -0.3 is 14.4 Å². The van der Waals surface area contributed by atoms with Gasteiger partial charge in [-0.3, -0.25) is 4.79 Å². The number of aryl methyl sites for hydroxylation is 1. The van der Waals surface area contributed by atoms with Crippen LogP contribution in [0.1, 0.15) is 48.4 Å². The highest BCUT2D eigenvalue weighted by atomic mass is 19.1. The van der Waals surface area contributed by atoms with E-state index in [2.05, 4.69) is 10.5 Å². The number of aromatic nitrogens is 1. The Morgan fingerprint density at radius 2 is 1.94 bits per heavy atom. The first-order valence-electron chi connectivity index (χ1n) is 10.6. The van der Waals surface area contributed by atoms with Crippen LogP contribution in [0.25, 0.3) is 5.69 Å². The van der Waals surface area contributed by atoms with Crippen LogP contribution in [0.5, 0.6) is 5.75 Å². The molecule has 0 aliphatic heterocycles. The largest absolute Gasteiger partial charge is 0.494 e. The maximum Gasteiger partial charge on any atom is 0.240 e. The maximum atomic E-state index is 14.2. The smallest absolute Gasteiger partial charge is 0.240 e. The normalized spacial score (nSPS) is 12.2. The Morgan fingerprint density at radius 1 is 1.22 bits per heavy atom. The standard InChI is InChI=1S/C25H28FN3O3/c1-4-32-21-11-9-19(10-12-21)24(30)13-14-25(31)28-27-16-20-15-17(2)29(18(20)3)23-8-6-5-7-22(23)26/h5-12,15-16,24,30H,4,13-14H2,1-3H3,(H,28,31)/b27-16-/t24-/m0/s1. The summed E-state index contributed by atoms with van der Waals surface area (Å²) in [5.41, 5.74) is 6.14. The van der Waals surface area contributed by atoms with Gasteiger partial charge in [0.15, 0.2) is 0 Å². The van der Waals surface area contributed by atoms with Gasteiger partial charge in [0.2, 0.25) is 5.91 Å². The number of nitrogens with one attached hydrogen (secondary N) is 1. The van der Waals surface area contributed by atoms with Crippen LogP contribution < -0.4 is 10.2 Å². The van der Waals surface area contributed by atoms with Crippen LogP contribution in [0.2, 0.25) is 0 Å².